The summed E-state index contributed by atoms with van der Waals surface area (Å²) in [6.45, 7) is 9.84. The van der Waals surface area contributed by atoms with E-state index in [1.54, 1.807) is 0 Å². The molecule has 1 unspecified atom stereocenters. The van der Waals surface area contributed by atoms with Gasteiger partial charge in [0, 0.05) is 12.1 Å². The first-order valence-corrected chi connectivity index (χ1v) is 7.28. The lowest BCUT2D eigenvalue weighted by atomic mass is 10.0. The molecule has 0 aliphatic carbocycles. The normalized spacial score (nSPS) is 22.0. The highest BCUT2D eigenvalue weighted by Crippen LogP contribution is 2.20. The van der Waals surface area contributed by atoms with Gasteiger partial charge in [0.2, 0.25) is 0 Å². The second-order valence-corrected chi connectivity index (χ2v) is 5.46. The van der Waals surface area contributed by atoms with Crippen LogP contribution in [-0.2, 0) is 13.1 Å². The fraction of sp³-hybridized carbons (Fsp3) is 0.733. The Morgan fingerprint density at radius 1 is 1.39 bits per heavy atom. The summed E-state index contributed by atoms with van der Waals surface area (Å²) >= 11 is 0. The Balaban J connectivity index is 1.90. The summed E-state index contributed by atoms with van der Waals surface area (Å²) in [4.78, 5) is 2.57. The van der Waals surface area contributed by atoms with Crippen LogP contribution in [0.15, 0.2) is 16.7 Å². The van der Waals surface area contributed by atoms with Crippen LogP contribution in [0.3, 0.4) is 0 Å². The molecule has 1 aliphatic rings. The minimum atomic E-state index is 0.850. The number of hydrogen-bond acceptors (Lipinski definition) is 3. The van der Waals surface area contributed by atoms with Crippen LogP contribution >= 0.6 is 0 Å². The maximum atomic E-state index is 5.57. The molecule has 0 saturated carbocycles. The molecule has 1 atom stereocenters. The minimum Gasteiger partial charge on any atom is -0.468 e. The van der Waals surface area contributed by atoms with Crippen LogP contribution in [0.5, 0.6) is 0 Å². The first kappa shape index (κ1) is 13.6. The minimum absolute atomic E-state index is 0.850. The topological polar surface area (TPSA) is 28.4 Å². The van der Waals surface area contributed by atoms with Gasteiger partial charge in [0.15, 0.2) is 0 Å². The van der Waals surface area contributed by atoms with Crippen molar-refractivity contribution in [3.05, 3.63) is 23.7 Å². The van der Waals surface area contributed by atoms with E-state index in [1.165, 1.54) is 37.9 Å². The maximum absolute atomic E-state index is 5.57. The van der Waals surface area contributed by atoms with Gasteiger partial charge in [0.25, 0.3) is 0 Å². The van der Waals surface area contributed by atoms with Gasteiger partial charge in [-0.2, -0.15) is 0 Å². The molecule has 1 fully saturated rings. The van der Waals surface area contributed by atoms with Gasteiger partial charge in [-0.1, -0.05) is 13.8 Å². The van der Waals surface area contributed by atoms with Crippen LogP contribution in [0.2, 0.25) is 0 Å². The Morgan fingerprint density at radius 3 is 3.11 bits per heavy atom. The molecule has 1 aliphatic heterocycles. The van der Waals surface area contributed by atoms with Crippen LogP contribution in [0.4, 0.5) is 0 Å². The van der Waals surface area contributed by atoms with E-state index in [0.717, 1.165) is 31.3 Å². The van der Waals surface area contributed by atoms with Crippen LogP contribution in [0, 0.1) is 5.92 Å². The molecule has 1 aromatic heterocycles. The van der Waals surface area contributed by atoms with E-state index in [4.69, 9.17) is 4.42 Å². The fourth-order valence-electron chi connectivity index (χ4n) is 2.62. The molecule has 18 heavy (non-hydrogen) atoms. The molecule has 0 spiro atoms. The SMILES string of the molecule is CCNCc1occc1CN1CCCC(C)CC1. The average Bonchev–Trinajstić information content (AvgIpc) is 2.70. The number of nitrogens with zero attached hydrogens (tertiary/aromatic N) is 1. The third-order valence-corrected chi connectivity index (χ3v) is 3.88. The van der Waals surface area contributed by atoms with Crippen molar-refractivity contribution in [3.63, 3.8) is 0 Å². The van der Waals surface area contributed by atoms with Gasteiger partial charge in [0.05, 0.1) is 12.8 Å². The van der Waals surface area contributed by atoms with E-state index >= 15 is 0 Å². The van der Waals surface area contributed by atoms with Crippen LogP contribution < -0.4 is 5.32 Å². The quantitative estimate of drug-likeness (QED) is 0.871. The van der Waals surface area contributed by atoms with Gasteiger partial charge < -0.3 is 9.73 Å². The van der Waals surface area contributed by atoms with E-state index in [0.29, 0.717) is 0 Å². The molecular weight excluding hydrogens is 224 g/mol. The lowest BCUT2D eigenvalue weighted by Gasteiger charge is -2.19. The molecule has 1 aromatic rings. The summed E-state index contributed by atoms with van der Waals surface area (Å²) in [5.74, 6) is 2.00. The molecule has 3 nitrogen and oxygen atoms in total. The molecule has 0 bridgehead atoms. The van der Waals surface area contributed by atoms with Crippen molar-refractivity contribution < 1.29 is 4.42 Å². The Labute approximate surface area is 111 Å². The fourth-order valence-corrected chi connectivity index (χ4v) is 2.62. The number of hydrogen-bond donors (Lipinski definition) is 1. The second kappa shape index (κ2) is 6.95. The van der Waals surface area contributed by atoms with Crippen molar-refractivity contribution in [2.75, 3.05) is 19.6 Å². The summed E-state index contributed by atoms with van der Waals surface area (Å²) in [6, 6.07) is 2.13. The summed E-state index contributed by atoms with van der Waals surface area (Å²) in [5.41, 5.74) is 1.35. The first-order chi connectivity index (χ1) is 8.79. The van der Waals surface area contributed by atoms with Gasteiger partial charge in [-0.3, -0.25) is 4.90 Å². The zero-order valence-corrected chi connectivity index (χ0v) is 11.7. The molecule has 2 rings (SSSR count). The zero-order valence-electron chi connectivity index (χ0n) is 11.7. The van der Waals surface area contributed by atoms with E-state index < -0.39 is 0 Å². The van der Waals surface area contributed by atoms with Crippen molar-refractivity contribution in [1.82, 2.24) is 10.2 Å². The number of furan rings is 1. The van der Waals surface area contributed by atoms with Crippen LogP contribution in [-0.4, -0.2) is 24.5 Å². The molecule has 2 heterocycles. The van der Waals surface area contributed by atoms with Crippen molar-refractivity contribution >= 4 is 0 Å². The molecular formula is C15H26N2O. The largest absolute Gasteiger partial charge is 0.468 e. The second-order valence-electron chi connectivity index (χ2n) is 5.46. The number of likely N-dealkylation sites (tertiary alicyclic amines) is 1. The van der Waals surface area contributed by atoms with Crippen molar-refractivity contribution in [2.24, 2.45) is 5.92 Å². The smallest absolute Gasteiger partial charge is 0.122 e. The predicted octanol–water partition coefficient (Wildman–Crippen LogP) is 3.01. The van der Waals surface area contributed by atoms with E-state index in [-0.39, 0.29) is 0 Å². The molecule has 0 radical (unpaired) electrons. The first-order valence-electron chi connectivity index (χ1n) is 7.28. The lowest BCUT2D eigenvalue weighted by Crippen LogP contribution is -2.25. The highest BCUT2D eigenvalue weighted by Gasteiger charge is 2.16. The van der Waals surface area contributed by atoms with Gasteiger partial charge in [-0.15, -0.1) is 0 Å². The molecule has 0 aromatic carbocycles. The molecule has 102 valence electrons. The maximum Gasteiger partial charge on any atom is 0.122 e. The van der Waals surface area contributed by atoms with E-state index in [9.17, 15) is 0 Å². The van der Waals surface area contributed by atoms with E-state index in [2.05, 4.69) is 30.1 Å². The zero-order chi connectivity index (χ0) is 12.8. The number of rotatable bonds is 5. The van der Waals surface area contributed by atoms with Crippen LogP contribution in [0.25, 0.3) is 0 Å². The van der Waals surface area contributed by atoms with Crippen molar-refractivity contribution in [1.29, 1.82) is 0 Å². The Hall–Kier alpha value is -0.800. The van der Waals surface area contributed by atoms with Gasteiger partial charge >= 0.3 is 0 Å². The number of nitrogens with one attached hydrogen (secondary N) is 1. The molecule has 1 saturated heterocycles. The Bertz CT molecular complexity index is 348. The predicted molar refractivity (Wildman–Crippen MR) is 74.4 cm³/mol. The molecule has 1 N–H and O–H groups in total. The van der Waals surface area contributed by atoms with E-state index in [1.807, 2.05) is 6.26 Å². The van der Waals surface area contributed by atoms with Gasteiger partial charge in [-0.25, -0.2) is 0 Å². The Morgan fingerprint density at radius 2 is 2.28 bits per heavy atom. The van der Waals surface area contributed by atoms with Gasteiger partial charge in [0.1, 0.15) is 5.76 Å². The van der Waals surface area contributed by atoms with Crippen molar-refractivity contribution in [3.8, 4) is 0 Å². The summed E-state index contributed by atoms with van der Waals surface area (Å²) in [7, 11) is 0. The third kappa shape index (κ3) is 3.85. The van der Waals surface area contributed by atoms with Gasteiger partial charge in [-0.05, 0) is 50.9 Å². The highest BCUT2D eigenvalue weighted by atomic mass is 16.3. The molecule has 3 heteroatoms. The third-order valence-electron chi connectivity index (χ3n) is 3.88. The standard InChI is InChI=1S/C15H26N2O/c1-3-16-11-15-14(7-10-18-15)12-17-8-4-5-13(2)6-9-17/h7,10,13,16H,3-6,8-9,11-12H2,1-2H3. The lowest BCUT2D eigenvalue weighted by molar-refractivity contribution is 0.271. The summed E-state index contributed by atoms with van der Waals surface area (Å²) in [6.07, 6.45) is 5.87. The highest BCUT2D eigenvalue weighted by molar-refractivity contribution is 5.16. The summed E-state index contributed by atoms with van der Waals surface area (Å²) in [5, 5.41) is 3.34. The monoisotopic (exact) mass is 250 g/mol. The summed E-state index contributed by atoms with van der Waals surface area (Å²) < 4.78 is 5.57. The Kier molecular flexibility index (Phi) is 5.26. The average molecular weight is 250 g/mol. The van der Waals surface area contributed by atoms with Crippen molar-refractivity contribution in [2.45, 2.75) is 46.2 Å². The van der Waals surface area contributed by atoms with Crippen LogP contribution in [0.1, 0.15) is 44.4 Å². The molecule has 0 amide bonds.